The van der Waals surface area contributed by atoms with Gasteiger partial charge >= 0.3 is 5.97 Å². The zero-order valence-electron chi connectivity index (χ0n) is 10.3. The van der Waals surface area contributed by atoms with Crippen molar-refractivity contribution >= 4 is 43.7 Å². The van der Waals surface area contributed by atoms with Gasteiger partial charge in [0.25, 0.3) is 0 Å². The first-order valence-corrected chi connectivity index (χ1v) is 7.51. The number of rotatable bonds is 3. The molecule has 102 valence electrons. The summed E-state index contributed by atoms with van der Waals surface area (Å²) in [6, 6.07) is 5.19. The van der Waals surface area contributed by atoms with Gasteiger partial charge in [0.15, 0.2) is 0 Å². The molecule has 1 fully saturated rings. The van der Waals surface area contributed by atoms with Gasteiger partial charge in [0.1, 0.15) is 0 Å². The smallest absolute Gasteiger partial charge is 0.309 e. The third-order valence-corrected chi connectivity index (χ3v) is 5.25. The number of halogens is 2. The molecule has 4 nitrogen and oxygen atoms in total. The van der Waals surface area contributed by atoms with Crippen LogP contribution < -0.4 is 0 Å². The van der Waals surface area contributed by atoms with Gasteiger partial charge < -0.3 is 10.0 Å². The van der Waals surface area contributed by atoms with E-state index in [1.165, 1.54) is 0 Å². The largest absolute Gasteiger partial charge is 0.481 e. The van der Waals surface area contributed by atoms with Gasteiger partial charge in [-0.25, -0.2) is 0 Å². The van der Waals surface area contributed by atoms with Gasteiger partial charge in [-0.1, -0.05) is 6.07 Å². The minimum Gasteiger partial charge on any atom is -0.481 e. The van der Waals surface area contributed by atoms with Crippen molar-refractivity contribution < 1.29 is 14.7 Å². The molecule has 0 radical (unpaired) electrons. The predicted octanol–water partition coefficient (Wildman–Crippen LogP) is 3.21. The lowest BCUT2D eigenvalue weighted by molar-refractivity contribution is -0.142. The van der Waals surface area contributed by atoms with Gasteiger partial charge in [0.05, 0.1) is 12.0 Å². The Hall–Kier alpha value is -0.880. The lowest BCUT2D eigenvalue weighted by Crippen LogP contribution is -2.30. The van der Waals surface area contributed by atoms with Gasteiger partial charge in [-0.05, 0) is 56.5 Å². The Morgan fingerprint density at radius 2 is 2.11 bits per heavy atom. The molecule has 2 atom stereocenters. The monoisotopic (exact) mass is 389 g/mol. The van der Waals surface area contributed by atoms with E-state index in [9.17, 15) is 14.7 Å². The Balaban J connectivity index is 2.45. The Kier molecular flexibility index (Phi) is 4.30. The fourth-order valence-corrected chi connectivity index (χ4v) is 3.14. The molecule has 0 saturated carbocycles. The van der Waals surface area contributed by atoms with E-state index in [1.807, 2.05) is 25.1 Å². The van der Waals surface area contributed by atoms with Crippen LogP contribution in [0.1, 0.15) is 24.9 Å². The summed E-state index contributed by atoms with van der Waals surface area (Å²) in [6.07, 6.45) is 0.0710. The van der Waals surface area contributed by atoms with Crippen LogP contribution in [-0.2, 0) is 9.59 Å². The molecule has 1 heterocycles. The summed E-state index contributed by atoms with van der Waals surface area (Å²) in [5, 5.41) is 9.30. The van der Waals surface area contributed by atoms with Crippen molar-refractivity contribution in [2.75, 3.05) is 6.54 Å². The molecule has 0 spiro atoms. The van der Waals surface area contributed by atoms with Gasteiger partial charge in [0, 0.05) is 21.9 Å². The number of amides is 1. The molecule has 1 saturated heterocycles. The molecule has 1 aliphatic rings. The van der Waals surface area contributed by atoms with E-state index in [-0.39, 0.29) is 18.4 Å². The quantitative estimate of drug-likeness (QED) is 0.861. The maximum atomic E-state index is 11.9. The second kappa shape index (κ2) is 5.63. The molecule has 19 heavy (non-hydrogen) atoms. The van der Waals surface area contributed by atoms with Gasteiger partial charge in [-0.3, -0.25) is 9.59 Å². The van der Waals surface area contributed by atoms with Crippen LogP contribution in [0.15, 0.2) is 27.1 Å². The number of nitrogens with zero attached hydrogens (tertiary/aromatic N) is 1. The van der Waals surface area contributed by atoms with Crippen molar-refractivity contribution in [1.82, 2.24) is 4.90 Å². The van der Waals surface area contributed by atoms with Gasteiger partial charge in [0.2, 0.25) is 5.91 Å². The average Bonchev–Trinajstić information content (AvgIpc) is 2.69. The number of hydrogen-bond acceptors (Lipinski definition) is 2. The van der Waals surface area contributed by atoms with E-state index >= 15 is 0 Å². The van der Waals surface area contributed by atoms with E-state index in [4.69, 9.17) is 0 Å². The molecular formula is C13H13Br2NO3. The molecule has 0 bridgehead atoms. The minimum atomic E-state index is -0.923. The molecule has 6 heteroatoms. The molecule has 2 rings (SSSR count). The van der Waals surface area contributed by atoms with Crippen LogP contribution in [0.5, 0.6) is 0 Å². The maximum absolute atomic E-state index is 11.9. The lowest BCUT2D eigenvalue weighted by atomic mass is 9.94. The van der Waals surface area contributed by atoms with E-state index in [0.717, 1.165) is 14.5 Å². The maximum Gasteiger partial charge on any atom is 0.309 e. The molecule has 0 aliphatic carbocycles. The number of aliphatic carboxylic acids is 1. The van der Waals surface area contributed by atoms with Crippen molar-refractivity contribution in [1.29, 1.82) is 0 Å². The summed E-state index contributed by atoms with van der Waals surface area (Å²) >= 11 is 6.79. The topological polar surface area (TPSA) is 57.6 Å². The van der Waals surface area contributed by atoms with E-state index in [0.29, 0.717) is 6.54 Å². The summed E-state index contributed by atoms with van der Waals surface area (Å²) < 4.78 is 1.75. The number of carboxylic acid groups (broad SMARTS) is 1. The highest BCUT2D eigenvalue weighted by atomic mass is 79.9. The SMILES string of the molecule is CCN1C(=O)CC(C(=O)O)C1c1ccc(Br)c(Br)c1. The second-order valence-corrected chi connectivity index (χ2v) is 6.16. The van der Waals surface area contributed by atoms with Crippen molar-refractivity contribution in [2.45, 2.75) is 19.4 Å². The first-order valence-electron chi connectivity index (χ1n) is 5.93. The molecule has 2 unspecified atom stereocenters. The van der Waals surface area contributed by atoms with Crippen molar-refractivity contribution in [2.24, 2.45) is 5.92 Å². The zero-order valence-corrected chi connectivity index (χ0v) is 13.4. The van der Waals surface area contributed by atoms with Gasteiger partial charge in [-0.2, -0.15) is 0 Å². The van der Waals surface area contributed by atoms with E-state index < -0.39 is 11.9 Å². The van der Waals surface area contributed by atoms with Crippen molar-refractivity contribution in [3.8, 4) is 0 Å². The summed E-state index contributed by atoms with van der Waals surface area (Å²) in [6.45, 7) is 2.38. The summed E-state index contributed by atoms with van der Waals surface area (Å²) in [7, 11) is 0. The van der Waals surface area contributed by atoms with Crippen LogP contribution in [0.2, 0.25) is 0 Å². The molecule has 1 aromatic carbocycles. The zero-order chi connectivity index (χ0) is 14.2. The van der Waals surface area contributed by atoms with Crippen molar-refractivity contribution in [3.05, 3.63) is 32.7 Å². The van der Waals surface area contributed by atoms with E-state index in [2.05, 4.69) is 31.9 Å². The number of hydrogen-bond donors (Lipinski definition) is 1. The Labute approximate surface area is 128 Å². The summed E-state index contributed by atoms with van der Waals surface area (Å²) in [5.74, 6) is -1.70. The highest BCUT2D eigenvalue weighted by Crippen LogP contribution is 2.39. The number of carbonyl (C=O) groups is 2. The minimum absolute atomic E-state index is 0.0710. The average molecular weight is 391 g/mol. The highest BCUT2D eigenvalue weighted by Gasteiger charge is 2.43. The van der Waals surface area contributed by atoms with Crippen LogP contribution >= 0.6 is 31.9 Å². The summed E-state index contributed by atoms with van der Waals surface area (Å²) in [4.78, 5) is 24.9. The molecule has 1 amide bonds. The fraction of sp³-hybridized carbons (Fsp3) is 0.385. The third-order valence-electron chi connectivity index (χ3n) is 3.37. The van der Waals surface area contributed by atoms with Crippen LogP contribution in [0, 0.1) is 5.92 Å². The molecule has 1 N–H and O–H groups in total. The number of carboxylic acids is 1. The van der Waals surface area contributed by atoms with E-state index in [1.54, 1.807) is 4.90 Å². The Morgan fingerprint density at radius 1 is 1.42 bits per heavy atom. The Morgan fingerprint density at radius 3 is 2.63 bits per heavy atom. The third kappa shape index (κ3) is 2.69. The normalized spacial score (nSPS) is 22.9. The molecule has 1 aromatic rings. The predicted molar refractivity (Wildman–Crippen MR) is 77.7 cm³/mol. The number of benzene rings is 1. The van der Waals surface area contributed by atoms with Crippen LogP contribution in [0.25, 0.3) is 0 Å². The fourth-order valence-electron chi connectivity index (χ4n) is 2.49. The molecule has 1 aliphatic heterocycles. The van der Waals surface area contributed by atoms with Crippen LogP contribution in [0.4, 0.5) is 0 Å². The first-order chi connectivity index (χ1) is 8.95. The first kappa shape index (κ1) is 14.5. The second-order valence-electron chi connectivity index (χ2n) is 4.45. The molecule has 0 aromatic heterocycles. The van der Waals surface area contributed by atoms with Crippen molar-refractivity contribution in [3.63, 3.8) is 0 Å². The number of likely N-dealkylation sites (tertiary alicyclic amines) is 1. The molecular weight excluding hydrogens is 378 g/mol. The summed E-state index contributed by atoms with van der Waals surface area (Å²) in [5.41, 5.74) is 0.843. The van der Waals surface area contributed by atoms with Crippen LogP contribution in [-0.4, -0.2) is 28.4 Å². The number of carbonyl (C=O) groups excluding carboxylic acids is 1. The van der Waals surface area contributed by atoms with Crippen LogP contribution in [0.3, 0.4) is 0 Å². The Bertz CT molecular complexity index is 533. The lowest BCUT2D eigenvalue weighted by Gasteiger charge is -2.26. The highest BCUT2D eigenvalue weighted by molar-refractivity contribution is 9.13. The van der Waals surface area contributed by atoms with Gasteiger partial charge in [-0.15, -0.1) is 0 Å². The standard InChI is InChI=1S/C13H13Br2NO3/c1-2-16-11(17)6-8(13(18)19)12(16)7-3-4-9(14)10(15)5-7/h3-5,8,12H,2,6H2,1H3,(H,18,19).